The van der Waals surface area contributed by atoms with Gasteiger partial charge in [-0.3, -0.25) is 4.79 Å². The van der Waals surface area contributed by atoms with Crippen molar-refractivity contribution in [2.75, 3.05) is 33.3 Å². The Morgan fingerprint density at radius 1 is 1.53 bits per heavy atom. The molecule has 1 amide bonds. The van der Waals surface area contributed by atoms with Crippen molar-refractivity contribution >= 4 is 5.91 Å². The molecule has 2 N–H and O–H groups in total. The zero-order valence-electron chi connectivity index (χ0n) is 10.4. The molecule has 98 valence electrons. The molecule has 1 atom stereocenters. The number of carbonyl (C=O) groups excluding carboxylic acids is 1. The Morgan fingerprint density at radius 3 is 2.82 bits per heavy atom. The topological polar surface area (TPSA) is 61.8 Å². The van der Waals surface area contributed by atoms with Gasteiger partial charge >= 0.3 is 0 Å². The number of hydrogen-bond donors (Lipinski definition) is 2. The van der Waals surface area contributed by atoms with Crippen LogP contribution in [-0.2, 0) is 9.53 Å². The number of rotatable bonds is 2. The highest BCUT2D eigenvalue weighted by molar-refractivity contribution is 5.78. The predicted molar refractivity (Wildman–Crippen MR) is 63.7 cm³/mol. The third kappa shape index (κ3) is 2.97. The SMILES string of the molecule is CNCC(=O)N1CCC2(CC1)CC(O)CCO2. The molecule has 1 spiro atoms. The zero-order valence-corrected chi connectivity index (χ0v) is 10.4. The quantitative estimate of drug-likeness (QED) is 0.700. The molecule has 0 aromatic carbocycles. The van der Waals surface area contributed by atoms with E-state index in [9.17, 15) is 9.90 Å². The number of nitrogens with one attached hydrogen (secondary N) is 1. The summed E-state index contributed by atoms with van der Waals surface area (Å²) in [6, 6.07) is 0. The van der Waals surface area contributed by atoms with Gasteiger partial charge in [0.05, 0.1) is 18.2 Å². The van der Waals surface area contributed by atoms with Crippen LogP contribution in [0.15, 0.2) is 0 Å². The predicted octanol–water partition coefficient (Wildman–Crippen LogP) is -0.262. The summed E-state index contributed by atoms with van der Waals surface area (Å²) in [4.78, 5) is 13.6. The highest BCUT2D eigenvalue weighted by Gasteiger charge is 2.40. The van der Waals surface area contributed by atoms with Crippen LogP contribution in [0.25, 0.3) is 0 Å². The first-order chi connectivity index (χ1) is 8.15. The maximum absolute atomic E-state index is 11.7. The van der Waals surface area contributed by atoms with Gasteiger partial charge in [-0.1, -0.05) is 0 Å². The maximum atomic E-state index is 11.7. The van der Waals surface area contributed by atoms with Gasteiger partial charge in [-0.05, 0) is 26.3 Å². The van der Waals surface area contributed by atoms with Crippen LogP contribution in [0.4, 0.5) is 0 Å². The Balaban J connectivity index is 1.86. The first-order valence-electron chi connectivity index (χ1n) is 6.40. The van der Waals surface area contributed by atoms with Gasteiger partial charge in [0.2, 0.25) is 5.91 Å². The highest BCUT2D eigenvalue weighted by Crippen LogP contribution is 2.34. The van der Waals surface area contributed by atoms with E-state index in [1.54, 1.807) is 7.05 Å². The summed E-state index contributed by atoms with van der Waals surface area (Å²) in [6.07, 6.45) is 2.92. The van der Waals surface area contributed by atoms with Crippen LogP contribution >= 0.6 is 0 Å². The average Bonchev–Trinajstić information content (AvgIpc) is 2.30. The van der Waals surface area contributed by atoms with E-state index in [4.69, 9.17) is 4.74 Å². The van der Waals surface area contributed by atoms with Crippen molar-refractivity contribution in [1.82, 2.24) is 10.2 Å². The molecule has 2 aliphatic rings. The monoisotopic (exact) mass is 242 g/mol. The van der Waals surface area contributed by atoms with Gasteiger partial charge in [0.1, 0.15) is 0 Å². The van der Waals surface area contributed by atoms with Crippen molar-refractivity contribution < 1.29 is 14.6 Å². The molecule has 2 saturated heterocycles. The lowest BCUT2D eigenvalue weighted by Gasteiger charge is -2.45. The smallest absolute Gasteiger partial charge is 0.236 e. The summed E-state index contributed by atoms with van der Waals surface area (Å²) in [7, 11) is 1.78. The Labute approximate surface area is 102 Å². The largest absolute Gasteiger partial charge is 0.393 e. The standard InChI is InChI=1S/C12H22N2O3/c1-13-9-11(16)14-5-3-12(4-6-14)8-10(15)2-7-17-12/h10,13,15H,2-9H2,1H3. The van der Waals surface area contributed by atoms with Crippen LogP contribution in [0.5, 0.6) is 0 Å². The molecular weight excluding hydrogens is 220 g/mol. The average molecular weight is 242 g/mol. The first-order valence-corrected chi connectivity index (χ1v) is 6.40. The molecule has 2 rings (SSSR count). The molecule has 5 nitrogen and oxygen atoms in total. The normalized spacial score (nSPS) is 28.4. The van der Waals surface area contributed by atoms with E-state index in [2.05, 4.69) is 5.32 Å². The Morgan fingerprint density at radius 2 is 2.24 bits per heavy atom. The minimum Gasteiger partial charge on any atom is -0.393 e. The number of hydrogen-bond acceptors (Lipinski definition) is 4. The highest BCUT2D eigenvalue weighted by atomic mass is 16.5. The number of amides is 1. The van der Waals surface area contributed by atoms with Gasteiger partial charge in [0.15, 0.2) is 0 Å². The first kappa shape index (κ1) is 12.8. The number of nitrogens with zero attached hydrogens (tertiary/aromatic N) is 1. The fraction of sp³-hybridized carbons (Fsp3) is 0.917. The number of aliphatic hydroxyl groups is 1. The second-order valence-corrected chi connectivity index (χ2v) is 5.09. The summed E-state index contributed by atoms with van der Waals surface area (Å²) in [5.74, 6) is 0.152. The molecule has 17 heavy (non-hydrogen) atoms. The Bertz CT molecular complexity index is 275. The lowest BCUT2D eigenvalue weighted by atomic mass is 9.83. The summed E-state index contributed by atoms with van der Waals surface area (Å²) >= 11 is 0. The Kier molecular flexibility index (Phi) is 4.01. The fourth-order valence-corrected chi connectivity index (χ4v) is 2.78. The molecule has 0 radical (unpaired) electrons. The summed E-state index contributed by atoms with van der Waals surface area (Å²) < 4.78 is 5.85. The molecule has 2 heterocycles. The number of carbonyl (C=O) groups is 1. The number of aliphatic hydroxyl groups excluding tert-OH is 1. The van der Waals surface area contributed by atoms with Crippen LogP contribution in [-0.4, -0.2) is 60.9 Å². The molecule has 2 fully saturated rings. The number of piperidine rings is 1. The van der Waals surface area contributed by atoms with Crippen molar-refractivity contribution in [1.29, 1.82) is 0 Å². The van der Waals surface area contributed by atoms with E-state index in [-0.39, 0.29) is 17.6 Å². The van der Waals surface area contributed by atoms with Crippen LogP contribution in [0.2, 0.25) is 0 Å². The Hall–Kier alpha value is -0.650. The van der Waals surface area contributed by atoms with E-state index in [0.717, 1.165) is 38.8 Å². The van der Waals surface area contributed by atoms with Crippen molar-refractivity contribution in [2.45, 2.75) is 37.4 Å². The van der Waals surface area contributed by atoms with Crippen LogP contribution in [0.3, 0.4) is 0 Å². The summed E-state index contributed by atoms with van der Waals surface area (Å²) in [6.45, 7) is 2.53. The van der Waals surface area contributed by atoms with E-state index >= 15 is 0 Å². The number of likely N-dealkylation sites (tertiary alicyclic amines) is 1. The third-order valence-corrected chi connectivity index (χ3v) is 3.82. The minimum absolute atomic E-state index is 0.152. The minimum atomic E-state index is -0.233. The molecule has 0 aromatic rings. The lowest BCUT2D eigenvalue weighted by Crippen LogP contribution is -2.52. The molecule has 0 aromatic heterocycles. The second-order valence-electron chi connectivity index (χ2n) is 5.09. The van der Waals surface area contributed by atoms with E-state index in [1.807, 2.05) is 4.90 Å². The van der Waals surface area contributed by atoms with Crippen LogP contribution in [0.1, 0.15) is 25.7 Å². The molecule has 0 aliphatic carbocycles. The fourth-order valence-electron chi connectivity index (χ4n) is 2.78. The molecule has 1 unspecified atom stereocenters. The number of ether oxygens (including phenoxy) is 1. The van der Waals surface area contributed by atoms with Gasteiger partial charge in [-0.25, -0.2) is 0 Å². The second kappa shape index (κ2) is 5.33. The molecule has 0 bridgehead atoms. The van der Waals surface area contributed by atoms with E-state index < -0.39 is 0 Å². The van der Waals surface area contributed by atoms with Gasteiger partial charge < -0.3 is 20.1 Å². The molecule has 5 heteroatoms. The van der Waals surface area contributed by atoms with Gasteiger partial charge in [0, 0.05) is 26.1 Å². The molecule has 0 saturated carbocycles. The van der Waals surface area contributed by atoms with Crippen LogP contribution in [0, 0.1) is 0 Å². The lowest BCUT2D eigenvalue weighted by molar-refractivity contribution is -0.153. The summed E-state index contributed by atoms with van der Waals surface area (Å²) in [5.41, 5.74) is -0.173. The maximum Gasteiger partial charge on any atom is 0.236 e. The molecule has 2 aliphatic heterocycles. The zero-order chi connectivity index (χ0) is 12.3. The van der Waals surface area contributed by atoms with Gasteiger partial charge in [0.25, 0.3) is 0 Å². The molecular formula is C12H22N2O3. The van der Waals surface area contributed by atoms with Gasteiger partial charge in [-0.2, -0.15) is 0 Å². The summed E-state index contributed by atoms with van der Waals surface area (Å²) in [5, 5.41) is 12.6. The van der Waals surface area contributed by atoms with Crippen molar-refractivity contribution in [3.8, 4) is 0 Å². The van der Waals surface area contributed by atoms with Crippen molar-refractivity contribution in [2.24, 2.45) is 0 Å². The third-order valence-electron chi connectivity index (χ3n) is 3.82. The number of likely N-dealkylation sites (N-methyl/N-ethyl adjacent to an activating group) is 1. The van der Waals surface area contributed by atoms with E-state index in [0.29, 0.717) is 13.2 Å². The van der Waals surface area contributed by atoms with Crippen molar-refractivity contribution in [3.63, 3.8) is 0 Å². The van der Waals surface area contributed by atoms with Crippen molar-refractivity contribution in [3.05, 3.63) is 0 Å². The van der Waals surface area contributed by atoms with Gasteiger partial charge in [-0.15, -0.1) is 0 Å². The van der Waals surface area contributed by atoms with Crippen LogP contribution < -0.4 is 5.32 Å². The van der Waals surface area contributed by atoms with E-state index in [1.165, 1.54) is 0 Å².